The van der Waals surface area contributed by atoms with Crippen LogP contribution in [0.5, 0.6) is 5.75 Å². The Morgan fingerprint density at radius 3 is 2.31 bits per heavy atom. The highest BCUT2D eigenvalue weighted by Crippen LogP contribution is 2.39. The van der Waals surface area contributed by atoms with Gasteiger partial charge in [-0.15, -0.1) is 0 Å². The van der Waals surface area contributed by atoms with Gasteiger partial charge in [0.15, 0.2) is 0 Å². The van der Waals surface area contributed by atoms with Gasteiger partial charge in [0, 0.05) is 10.6 Å². The molecular weight excluding hydrogens is 540 g/mol. The second-order valence-corrected chi connectivity index (χ2v) is 10.4. The zero-order valence-corrected chi connectivity index (χ0v) is 21.2. The van der Waals surface area contributed by atoms with Gasteiger partial charge in [0.1, 0.15) is 12.4 Å². The van der Waals surface area contributed by atoms with Crippen LogP contribution < -0.4 is 14.4 Å². The van der Waals surface area contributed by atoms with E-state index in [-0.39, 0.29) is 30.3 Å². The Morgan fingerprint density at radius 1 is 1.03 bits per heavy atom. The number of para-hydroxylation sites is 1. The highest BCUT2D eigenvalue weighted by atomic mass is 35.5. The van der Waals surface area contributed by atoms with E-state index in [1.807, 2.05) is 0 Å². The maximum atomic E-state index is 13.6. The molecule has 0 saturated heterocycles. The largest absolute Gasteiger partial charge is 0.490 e. The number of hydrogen-bond acceptors (Lipinski definition) is 4. The Morgan fingerprint density at radius 2 is 1.69 bits per heavy atom. The van der Waals surface area contributed by atoms with E-state index < -0.39 is 33.4 Å². The van der Waals surface area contributed by atoms with E-state index in [0.29, 0.717) is 26.7 Å². The molecule has 3 aromatic rings. The fourth-order valence-electron chi connectivity index (χ4n) is 3.25. The Balaban J connectivity index is 1.69. The van der Waals surface area contributed by atoms with Crippen molar-refractivity contribution in [3.63, 3.8) is 0 Å². The molecule has 0 bridgehead atoms. The van der Waals surface area contributed by atoms with Crippen molar-refractivity contribution in [2.75, 3.05) is 23.7 Å². The lowest BCUT2D eigenvalue weighted by Crippen LogP contribution is -2.31. The minimum atomic E-state index is -4.82. The first kappa shape index (κ1) is 27.6. The Bertz CT molecular complexity index is 1330. The molecule has 36 heavy (non-hydrogen) atoms. The van der Waals surface area contributed by atoms with Gasteiger partial charge >= 0.3 is 6.18 Å². The third kappa shape index (κ3) is 7.28. The fourth-order valence-corrected chi connectivity index (χ4v) is 4.51. The molecule has 0 aromatic heterocycles. The Kier molecular flexibility index (Phi) is 8.76. The van der Waals surface area contributed by atoms with E-state index in [2.05, 4.69) is 5.32 Å². The van der Waals surface area contributed by atoms with Crippen molar-refractivity contribution in [1.82, 2.24) is 5.32 Å². The lowest BCUT2D eigenvalue weighted by Gasteiger charge is -2.26. The van der Waals surface area contributed by atoms with Gasteiger partial charge in [0.05, 0.1) is 35.6 Å². The first-order valence-electron chi connectivity index (χ1n) is 10.4. The molecule has 0 unspecified atom stereocenters. The molecule has 0 atom stereocenters. The van der Waals surface area contributed by atoms with Crippen LogP contribution >= 0.6 is 23.2 Å². The molecule has 0 spiro atoms. The third-order valence-corrected chi connectivity index (χ3v) is 6.63. The summed E-state index contributed by atoms with van der Waals surface area (Å²) in [5.74, 6) is 0.0869. The normalized spacial score (nSPS) is 11.7. The van der Waals surface area contributed by atoms with Crippen LogP contribution in [-0.2, 0) is 22.7 Å². The summed E-state index contributed by atoms with van der Waals surface area (Å²) in [6, 6.07) is 15.6. The van der Waals surface area contributed by atoms with Gasteiger partial charge in [0.25, 0.3) is 5.91 Å². The van der Waals surface area contributed by atoms with E-state index in [1.165, 1.54) is 30.3 Å². The highest BCUT2D eigenvalue weighted by Gasteiger charge is 2.37. The molecule has 1 N–H and O–H groups in total. The lowest BCUT2D eigenvalue weighted by molar-refractivity contribution is -0.137. The molecule has 0 aliphatic rings. The van der Waals surface area contributed by atoms with E-state index in [1.54, 1.807) is 24.3 Å². The van der Waals surface area contributed by atoms with Crippen LogP contribution in [0.15, 0.2) is 66.7 Å². The number of anilines is 1. The highest BCUT2D eigenvalue weighted by molar-refractivity contribution is 7.92. The summed E-state index contributed by atoms with van der Waals surface area (Å²) in [6.45, 7) is 0.00107. The van der Waals surface area contributed by atoms with Crippen molar-refractivity contribution < 1.29 is 31.1 Å². The summed E-state index contributed by atoms with van der Waals surface area (Å²) < 4.78 is 71.6. The van der Waals surface area contributed by atoms with Gasteiger partial charge in [0.2, 0.25) is 10.0 Å². The van der Waals surface area contributed by atoms with Crippen LogP contribution in [0.3, 0.4) is 0 Å². The summed E-state index contributed by atoms with van der Waals surface area (Å²) in [7, 11) is -4.09. The monoisotopic (exact) mass is 560 g/mol. The fraction of sp³-hybridized carbons (Fsp3) is 0.208. The smallest absolute Gasteiger partial charge is 0.418 e. The van der Waals surface area contributed by atoms with Gasteiger partial charge in [-0.25, -0.2) is 8.42 Å². The molecule has 192 valence electrons. The number of sulfonamides is 1. The summed E-state index contributed by atoms with van der Waals surface area (Å²) in [5.41, 5.74) is -1.06. The average molecular weight is 561 g/mol. The van der Waals surface area contributed by atoms with Crippen molar-refractivity contribution in [1.29, 1.82) is 0 Å². The summed E-state index contributed by atoms with van der Waals surface area (Å²) >= 11 is 11.7. The Labute approximate surface area is 216 Å². The number of carbonyl (C=O) groups excluding carboxylic acids is 1. The number of nitrogens with zero attached hydrogens (tertiary/aromatic N) is 1. The quantitative estimate of drug-likeness (QED) is 0.336. The van der Waals surface area contributed by atoms with Crippen LogP contribution in [0, 0.1) is 0 Å². The number of amides is 1. The standard InChI is InChI=1S/C24H21Cl2F3N2O4S/c1-36(33,34)31(21-11-10-18(25)14-19(21)24(27,28)29)15-16-6-8-17(9-7-16)23(32)30-12-13-35-22-5-3-2-4-20(22)26/h2-11,14H,12-13,15H2,1H3,(H,30,32). The molecular formula is C24H21Cl2F3N2O4S. The third-order valence-electron chi connectivity index (χ3n) is 4.96. The van der Waals surface area contributed by atoms with Gasteiger partial charge in [-0.1, -0.05) is 47.5 Å². The maximum Gasteiger partial charge on any atom is 0.418 e. The molecule has 6 nitrogen and oxygen atoms in total. The molecule has 0 heterocycles. The van der Waals surface area contributed by atoms with Crippen LogP contribution in [0.25, 0.3) is 0 Å². The summed E-state index contributed by atoms with van der Waals surface area (Å²) in [6.07, 6.45) is -4.01. The second kappa shape index (κ2) is 11.4. The molecule has 3 aromatic carbocycles. The first-order chi connectivity index (χ1) is 16.9. The van der Waals surface area contributed by atoms with Crippen molar-refractivity contribution in [3.05, 3.63) is 93.5 Å². The topological polar surface area (TPSA) is 75.7 Å². The minimum absolute atomic E-state index is 0.174. The number of alkyl halides is 3. The van der Waals surface area contributed by atoms with E-state index in [4.69, 9.17) is 27.9 Å². The molecule has 0 aliphatic heterocycles. The minimum Gasteiger partial charge on any atom is -0.490 e. The van der Waals surface area contributed by atoms with Crippen LogP contribution in [-0.4, -0.2) is 33.7 Å². The zero-order chi connectivity index (χ0) is 26.5. The van der Waals surface area contributed by atoms with Crippen molar-refractivity contribution in [2.24, 2.45) is 0 Å². The van der Waals surface area contributed by atoms with Gasteiger partial charge < -0.3 is 10.1 Å². The molecule has 0 radical (unpaired) electrons. The molecule has 3 rings (SSSR count). The number of ether oxygens (including phenoxy) is 1. The lowest BCUT2D eigenvalue weighted by atomic mass is 10.1. The zero-order valence-electron chi connectivity index (χ0n) is 18.9. The van der Waals surface area contributed by atoms with E-state index in [9.17, 15) is 26.4 Å². The second-order valence-electron chi connectivity index (χ2n) is 7.66. The number of carbonyl (C=O) groups is 1. The number of halogens is 5. The van der Waals surface area contributed by atoms with Gasteiger partial charge in [-0.05, 0) is 48.0 Å². The van der Waals surface area contributed by atoms with Crippen molar-refractivity contribution in [2.45, 2.75) is 12.7 Å². The average Bonchev–Trinajstić information content (AvgIpc) is 2.80. The number of rotatable bonds is 9. The summed E-state index contributed by atoms with van der Waals surface area (Å²) in [4.78, 5) is 12.4. The number of benzene rings is 3. The van der Waals surface area contributed by atoms with Crippen LogP contribution in [0.2, 0.25) is 10.0 Å². The first-order valence-corrected chi connectivity index (χ1v) is 13.1. The predicted octanol–water partition coefficient (Wildman–Crippen LogP) is 5.79. The van der Waals surface area contributed by atoms with E-state index in [0.717, 1.165) is 12.3 Å². The van der Waals surface area contributed by atoms with Gasteiger partial charge in [-0.2, -0.15) is 13.2 Å². The number of nitrogens with one attached hydrogen (secondary N) is 1. The summed E-state index contributed by atoms with van der Waals surface area (Å²) in [5, 5.41) is 2.95. The maximum absolute atomic E-state index is 13.6. The molecule has 1 amide bonds. The SMILES string of the molecule is CS(=O)(=O)N(Cc1ccc(C(=O)NCCOc2ccccc2Cl)cc1)c1ccc(Cl)cc1C(F)(F)F. The van der Waals surface area contributed by atoms with E-state index >= 15 is 0 Å². The van der Waals surface area contributed by atoms with Crippen LogP contribution in [0.1, 0.15) is 21.5 Å². The molecule has 0 fully saturated rings. The molecule has 0 aliphatic carbocycles. The van der Waals surface area contributed by atoms with Crippen molar-refractivity contribution >= 4 is 44.8 Å². The van der Waals surface area contributed by atoms with Crippen LogP contribution in [0.4, 0.5) is 18.9 Å². The molecule has 12 heteroatoms. The molecule has 0 saturated carbocycles. The Hall–Kier alpha value is -2.95. The van der Waals surface area contributed by atoms with Crippen molar-refractivity contribution in [3.8, 4) is 5.75 Å². The number of hydrogen-bond donors (Lipinski definition) is 1. The predicted molar refractivity (Wildman–Crippen MR) is 133 cm³/mol. The van der Waals surface area contributed by atoms with Gasteiger partial charge in [-0.3, -0.25) is 9.10 Å².